The van der Waals surface area contributed by atoms with Crippen LogP contribution >= 0.6 is 0 Å². The van der Waals surface area contributed by atoms with Crippen LogP contribution in [-0.4, -0.2) is 43.4 Å². The molecule has 1 N–H and O–H groups in total. The SMILES string of the molecule is Cc1cc([C@@H](C)[C@@]2(C)C(=O)N(COCC[Si](C)(C)C)c3ncccc32)ccc1C(=O)O. The lowest BCUT2D eigenvalue weighted by molar-refractivity contribution is -0.124. The zero-order valence-electron chi connectivity index (χ0n) is 19.2. The van der Waals surface area contributed by atoms with E-state index >= 15 is 0 Å². The molecule has 2 heterocycles. The van der Waals surface area contributed by atoms with Gasteiger partial charge in [-0.25, -0.2) is 9.78 Å². The van der Waals surface area contributed by atoms with Gasteiger partial charge in [0.05, 0.1) is 11.0 Å². The molecule has 0 saturated heterocycles. The lowest BCUT2D eigenvalue weighted by Gasteiger charge is -2.31. The molecule has 1 amide bonds. The standard InChI is InChI=1S/C24H32N2O4Si/c1-16-14-18(9-10-19(16)22(27)28)17(2)24(3)20-8-7-11-25-21(20)26(23(24)29)15-30-12-13-31(4,5)6/h7-11,14,17H,12-13,15H2,1-6H3,(H,27,28)/t17-,24-/m1/s1. The number of aromatic carboxylic acids is 1. The molecule has 0 spiro atoms. The van der Waals surface area contributed by atoms with Crippen molar-refractivity contribution in [1.82, 2.24) is 4.98 Å². The van der Waals surface area contributed by atoms with Crippen molar-refractivity contribution in [2.45, 2.75) is 57.8 Å². The van der Waals surface area contributed by atoms with Crippen LogP contribution in [0, 0.1) is 6.92 Å². The minimum atomic E-state index is -1.22. The summed E-state index contributed by atoms with van der Waals surface area (Å²) in [5.74, 6) is -0.511. The predicted octanol–water partition coefficient (Wildman–Crippen LogP) is 4.81. The fraction of sp³-hybridized carbons (Fsp3) is 0.458. The zero-order valence-corrected chi connectivity index (χ0v) is 20.2. The van der Waals surface area contributed by atoms with E-state index in [1.54, 1.807) is 24.1 Å². The van der Waals surface area contributed by atoms with Crippen LogP contribution in [0.1, 0.15) is 46.8 Å². The molecule has 0 bridgehead atoms. The third kappa shape index (κ3) is 4.43. The van der Waals surface area contributed by atoms with Gasteiger partial charge in [-0.15, -0.1) is 0 Å². The van der Waals surface area contributed by atoms with Crippen LogP contribution in [0.4, 0.5) is 5.82 Å². The quantitative estimate of drug-likeness (QED) is 0.471. The van der Waals surface area contributed by atoms with Gasteiger partial charge >= 0.3 is 5.97 Å². The Kier molecular flexibility index (Phi) is 6.39. The van der Waals surface area contributed by atoms with E-state index in [1.807, 2.05) is 38.1 Å². The second kappa shape index (κ2) is 8.55. The zero-order chi connectivity index (χ0) is 23.0. The predicted molar refractivity (Wildman–Crippen MR) is 125 cm³/mol. The van der Waals surface area contributed by atoms with Crippen LogP contribution in [0.5, 0.6) is 0 Å². The molecular weight excluding hydrogens is 408 g/mol. The lowest BCUT2D eigenvalue weighted by Crippen LogP contribution is -2.42. The van der Waals surface area contributed by atoms with Gasteiger partial charge in [0, 0.05) is 26.4 Å². The molecule has 1 aliphatic rings. The molecule has 7 heteroatoms. The third-order valence-corrected chi connectivity index (χ3v) is 8.06. The van der Waals surface area contributed by atoms with Crippen molar-refractivity contribution in [2.24, 2.45) is 0 Å². The van der Waals surface area contributed by atoms with Crippen molar-refractivity contribution >= 4 is 25.8 Å². The van der Waals surface area contributed by atoms with E-state index in [0.29, 0.717) is 18.0 Å². The topological polar surface area (TPSA) is 79.7 Å². The first-order valence-corrected chi connectivity index (χ1v) is 14.4. The van der Waals surface area contributed by atoms with Crippen molar-refractivity contribution in [3.63, 3.8) is 0 Å². The number of carbonyl (C=O) groups is 2. The van der Waals surface area contributed by atoms with E-state index in [1.165, 1.54) is 0 Å². The maximum atomic E-state index is 13.7. The summed E-state index contributed by atoms with van der Waals surface area (Å²) < 4.78 is 5.90. The van der Waals surface area contributed by atoms with E-state index in [9.17, 15) is 14.7 Å². The summed E-state index contributed by atoms with van der Waals surface area (Å²) in [6.07, 6.45) is 1.70. The Labute approximate surface area is 185 Å². The number of aromatic nitrogens is 1. The van der Waals surface area contributed by atoms with Crippen LogP contribution < -0.4 is 4.90 Å². The molecule has 0 saturated carbocycles. The minimum absolute atomic E-state index is 0.0401. The van der Waals surface area contributed by atoms with Gasteiger partial charge in [0.25, 0.3) is 0 Å². The summed E-state index contributed by atoms with van der Waals surface area (Å²) >= 11 is 0. The van der Waals surface area contributed by atoms with Gasteiger partial charge in [-0.3, -0.25) is 9.69 Å². The van der Waals surface area contributed by atoms with Gasteiger partial charge in [-0.1, -0.05) is 44.8 Å². The summed E-state index contributed by atoms with van der Waals surface area (Å²) in [5.41, 5.74) is 1.95. The Morgan fingerprint density at radius 1 is 1.29 bits per heavy atom. The Hall–Kier alpha value is -2.51. The van der Waals surface area contributed by atoms with Crippen LogP contribution in [0.3, 0.4) is 0 Å². The maximum Gasteiger partial charge on any atom is 0.335 e. The number of hydrogen-bond donors (Lipinski definition) is 1. The van der Waals surface area contributed by atoms with E-state index in [0.717, 1.165) is 17.2 Å². The molecule has 6 nitrogen and oxygen atoms in total. The number of anilines is 1. The fourth-order valence-corrected chi connectivity index (χ4v) is 4.87. The molecular formula is C24H32N2O4Si. The number of carbonyl (C=O) groups excluding carboxylic acids is 1. The molecule has 1 aromatic carbocycles. The molecule has 2 aromatic rings. The van der Waals surface area contributed by atoms with Gasteiger partial charge in [0.15, 0.2) is 0 Å². The molecule has 31 heavy (non-hydrogen) atoms. The Balaban J connectivity index is 1.90. The molecule has 1 aliphatic heterocycles. The average molecular weight is 441 g/mol. The number of rotatable bonds is 8. The number of benzene rings is 1. The van der Waals surface area contributed by atoms with E-state index in [4.69, 9.17) is 4.74 Å². The number of carboxylic acid groups (broad SMARTS) is 1. The van der Waals surface area contributed by atoms with Crippen LogP contribution in [0.2, 0.25) is 25.7 Å². The maximum absolute atomic E-state index is 13.7. The fourth-order valence-electron chi connectivity index (χ4n) is 4.11. The smallest absolute Gasteiger partial charge is 0.335 e. The molecule has 0 aliphatic carbocycles. The summed E-state index contributed by atoms with van der Waals surface area (Å²) in [5, 5.41) is 9.34. The Morgan fingerprint density at radius 2 is 2.00 bits per heavy atom. The molecule has 0 radical (unpaired) electrons. The normalized spacial score (nSPS) is 19.4. The van der Waals surface area contributed by atoms with Gasteiger partial charge in [0.2, 0.25) is 5.91 Å². The minimum Gasteiger partial charge on any atom is -0.478 e. The number of amides is 1. The summed E-state index contributed by atoms with van der Waals surface area (Å²) in [6.45, 7) is 13.4. The van der Waals surface area contributed by atoms with Crippen molar-refractivity contribution < 1.29 is 19.4 Å². The van der Waals surface area contributed by atoms with Crippen molar-refractivity contribution in [2.75, 3.05) is 18.2 Å². The summed E-state index contributed by atoms with van der Waals surface area (Å²) in [6, 6.07) is 10.1. The molecule has 166 valence electrons. The van der Waals surface area contributed by atoms with Crippen molar-refractivity contribution in [1.29, 1.82) is 0 Å². The molecule has 3 rings (SSSR count). The number of fused-ring (bicyclic) bond motifs is 1. The van der Waals surface area contributed by atoms with E-state index < -0.39 is 19.5 Å². The number of hydrogen-bond acceptors (Lipinski definition) is 4. The van der Waals surface area contributed by atoms with E-state index in [2.05, 4.69) is 24.6 Å². The Bertz CT molecular complexity index is 1000. The third-order valence-electron chi connectivity index (χ3n) is 6.35. The molecule has 0 fully saturated rings. The molecule has 2 atom stereocenters. The highest BCUT2D eigenvalue weighted by atomic mass is 28.3. The van der Waals surface area contributed by atoms with Crippen LogP contribution in [0.25, 0.3) is 0 Å². The lowest BCUT2D eigenvalue weighted by atomic mass is 9.70. The molecule has 0 unspecified atom stereocenters. The Morgan fingerprint density at radius 3 is 2.61 bits per heavy atom. The largest absolute Gasteiger partial charge is 0.478 e. The van der Waals surface area contributed by atoms with Crippen LogP contribution in [-0.2, 0) is 14.9 Å². The first-order valence-electron chi connectivity index (χ1n) is 10.7. The van der Waals surface area contributed by atoms with Crippen LogP contribution in [0.15, 0.2) is 36.5 Å². The second-order valence-corrected chi connectivity index (χ2v) is 15.4. The van der Waals surface area contributed by atoms with Crippen molar-refractivity contribution in [3.8, 4) is 0 Å². The highest BCUT2D eigenvalue weighted by Gasteiger charge is 2.52. The summed E-state index contributed by atoms with van der Waals surface area (Å²) in [7, 11) is -1.22. The first-order chi connectivity index (χ1) is 14.5. The highest BCUT2D eigenvalue weighted by molar-refractivity contribution is 6.76. The number of ether oxygens (including phenoxy) is 1. The number of carboxylic acids is 1. The highest BCUT2D eigenvalue weighted by Crippen LogP contribution is 2.48. The molecule has 1 aromatic heterocycles. The summed E-state index contributed by atoms with van der Waals surface area (Å²) in [4.78, 5) is 31.2. The second-order valence-electron chi connectivity index (χ2n) is 9.76. The average Bonchev–Trinajstić information content (AvgIpc) is 2.92. The van der Waals surface area contributed by atoms with E-state index in [-0.39, 0.29) is 24.1 Å². The first kappa shape index (κ1) is 23.2. The van der Waals surface area contributed by atoms with Gasteiger partial charge in [0.1, 0.15) is 12.5 Å². The number of pyridine rings is 1. The van der Waals surface area contributed by atoms with Crippen molar-refractivity contribution in [3.05, 3.63) is 58.8 Å². The number of nitrogens with zero attached hydrogens (tertiary/aromatic N) is 2. The monoisotopic (exact) mass is 440 g/mol. The number of aryl methyl sites for hydroxylation is 1. The van der Waals surface area contributed by atoms with Gasteiger partial charge < -0.3 is 9.84 Å². The van der Waals surface area contributed by atoms with Gasteiger partial charge in [-0.2, -0.15) is 0 Å². The van der Waals surface area contributed by atoms with Gasteiger partial charge in [-0.05, 0) is 49.1 Å².